The number of pyridine rings is 2. The lowest BCUT2D eigenvalue weighted by atomic mass is 10.00. The lowest BCUT2D eigenvalue weighted by molar-refractivity contribution is 0.355. The van der Waals surface area contributed by atoms with E-state index in [9.17, 15) is 0 Å². The van der Waals surface area contributed by atoms with Crippen LogP contribution >= 0.6 is 0 Å². The minimum absolute atomic E-state index is 0.666. The lowest BCUT2D eigenvalue weighted by Crippen LogP contribution is -2.48. The summed E-state index contributed by atoms with van der Waals surface area (Å²) in [6, 6.07) is 6.36. The van der Waals surface area contributed by atoms with Crippen molar-refractivity contribution in [2.24, 2.45) is 5.92 Å². The molecular formula is C17H19N5. The van der Waals surface area contributed by atoms with Gasteiger partial charge in [-0.25, -0.2) is 15.0 Å². The number of rotatable bonds is 3. The monoisotopic (exact) mass is 293 g/mol. The average molecular weight is 293 g/mol. The summed E-state index contributed by atoms with van der Waals surface area (Å²) in [5.74, 6) is 1.70. The molecule has 0 N–H and O–H groups in total. The van der Waals surface area contributed by atoms with E-state index in [-0.39, 0.29) is 0 Å². The maximum absolute atomic E-state index is 4.75. The van der Waals surface area contributed by atoms with Crippen molar-refractivity contribution in [3.05, 3.63) is 48.2 Å². The van der Waals surface area contributed by atoms with Crippen LogP contribution in [0.2, 0.25) is 0 Å². The fourth-order valence-electron chi connectivity index (χ4n) is 3.16. The number of nitrogens with zero attached hydrogens (tertiary/aromatic N) is 5. The Hall–Kier alpha value is -2.43. The zero-order valence-corrected chi connectivity index (χ0v) is 12.9. The minimum atomic E-state index is 0.666. The molecule has 5 nitrogen and oxygen atoms in total. The number of hydrogen-bond donors (Lipinski definition) is 0. The molecular weight excluding hydrogens is 274 g/mol. The molecule has 112 valence electrons. The van der Waals surface area contributed by atoms with Gasteiger partial charge in [0.2, 0.25) is 0 Å². The quantitative estimate of drug-likeness (QED) is 0.744. The molecule has 0 aliphatic carbocycles. The van der Waals surface area contributed by atoms with Gasteiger partial charge in [-0.1, -0.05) is 0 Å². The Morgan fingerprint density at radius 1 is 1.18 bits per heavy atom. The fraction of sp³-hybridized carbons (Fsp3) is 0.353. The Bertz CT molecular complexity index is 803. The normalized spacial score (nSPS) is 15.3. The van der Waals surface area contributed by atoms with E-state index < -0.39 is 0 Å². The van der Waals surface area contributed by atoms with Crippen molar-refractivity contribution in [1.29, 1.82) is 0 Å². The summed E-state index contributed by atoms with van der Waals surface area (Å²) in [5.41, 5.74) is 3.12. The topological polar surface area (TPSA) is 46.8 Å². The lowest BCUT2D eigenvalue weighted by Gasteiger charge is -2.40. The fourth-order valence-corrected chi connectivity index (χ4v) is 3.16. The molecule has 3 aromatic rings. The zero-order chi connectivity index (χ0) is 15.1. The molecule has 0 amide bonds. The summed E-state index contributed by atoms with van der Waals surface area (Å²) in [6.45, 7) is 7.25. The molecule has 0 bridgehead atoms. The van der Waals surface area contributed by atoms with Gasteiger partial charge in [0.15, 0.2) is 5.65 Å². The van der Waals surface area contributed by atoms with Gasteiger partial charge in [-0.05, 0) is 37.6 Å². The number of aryl methyl sites for hydroxylation is 2. The largest absolute Gasteiger partial charge is 0.356 e. The predicted octanol–water partition coefficient (Wildman–Crippen LogP) is 2.58. The molecule has 1 fully saturated rings. The summed E-state index contributed by atoms with van der Waals surface area (Å²) in [4.78, 5) is 15.7. The molecule has 0 atom stereocenters. The molecule has 5 heteroatoms. The van der Waals surface area contributed by atoms with Gasteiger partial charge in [0.25, 0.3) is 0 Å². The summed E-state index contributed by atoms with van der Waals surface area (Å²) in [5, 5.41) is 1.14. The first-order valence-corrected chi connectivity index (χ1v) is 7.65. The van der Waals surface area contributed by atoms with Gasteiger partial charge in [0.1, 0.15) is 5.82 Å². The summed E-state index contributed by atoms with van der Waals surface area (Å²) >= 11 is 0. The second-order valence-electron chi connectivity index (χ2n) is 6.15. The summed E-state index contributed by atoms with van der Waals surface area (Å²) in [7, 11) is 0. The molecule has 22 heavy (non-hydrogen) atoms. The molecule has 1 aliphatic heterocycles. The van der Waals surface area contributed by atoms with E-state index in [1.807, 2.05) is 25.6 Å². The van der Waals surface area contributed by atoms with E-state index in [2.05, 4.69) is 44.6 Å². The number of aromatic nitrogens is 4. The number of hydrogen-bond acceptors (Lipinski definition) is 4. The van der Waals surface area contributed by atoms with Crippen LogP contribution in [-0.4, -0.2) is 32.6 Å². The minimum Gasteiger partial charge on any atom is -0.356 e. The Kier molecular flexibility index (Phi) is 3.06. The molecule has 0 saturated carbocycles. The van der Waals surface area contributed by atoms with E-state index in [1.54, 1.807) is 0 Å². The highest BCUT2D eigenvalue weighted by Gasteiger charge is 2.28. The van der Waals surface area contributed by atoms with Crippen molar-refractivity contribution < 1.29 is 0 Å². The molecule has 4 heterocycles. The highest BCUT2D eigenvalue weighted by atomic mass is 15.3. The maximum atomic E-state index is 4.75. The molecule has 0 radical (unpaired) electrons. The van der Waals surface area contributed by atoms with Crippen molar-refractivity contribution in [2.75, 3.05) is 18.0 Å². The summed E-state index contributed by atoms with van der Waals surface area (Å²) in [6.07, 6.45) is 5.73. The van der Waals surface area contributed by atoms with Crippen molar-refractivity contribution in [3.8, 4) is 0 Å². The Balaban J connectivity index is 1.51. The Labute approximate surface area is 129 Å². The first-order chi connectivity index (χ1) is 10.7. The van der Waals surface area contributed by atoms with Gasteiger partial charge in [-0.2, -0.15) is 0 Å². The molecule has 1 aliphatic rings. The molecule has 1 saturated heterocycles. The Morgan fingerprint density at radius 3 is 2.82 bits per heavy atom. The summed E-state index contributed by atoms with van der Waals surface area (Å²) < 4.78 is 2.14. The predicted molar refractivity (Wildman–Crippen MR) is 86.9 cm³/mol. The number of imidazole rings is 1. The van der Waals surface area contributed by atoms with Crippen LogP contribution in [0, 0.1) is 19.8 Å². The third-order valence-electron chi connectivity index (χ3n) is 4.30. The van der Waals surface area contributed by atoms with E-state index in [0.29, 0.717) is 5.92 Å². The molecule has 0 spiro atoms. The van der Waals surface area contributed by atoms with Gasteiger partial charge in [0.05, 0.1) is 6.33 Å². The van der Waals surface area contributed by atoms with E-state index in [0.717, 1.165) is 42.2 Å². The van der Waals surface area contributed by atoms with Crippen LogP contribution in [-0.2, 0) is 6.54 Å². The maximum Gasteiger partial charge on any atom is 0.162 e. The smallest absolute Gasteiger partial charge is 0.162 e. The van der Waals surface area contributed by atoms with Crippen LogP contribution in [0.4, 0.5) is 5.82 Å². The zero-order valence-electron chi connectivity index (χ0n) is 12.9. The van der Waals surface area contributed by atoms with E-state index >= 15 is 0 Å². The van der Waals surface area contributed by atoms with Crippen LogP contribution in [0.1, 0.15) is 11.3 Å². The van der Waals surface area contributed by atoms with Gasteiger partial charge in [-0.3, -0.25) is 0 Å². The Morgan fingerprint density at radius 2 is 2.05 bits per heavy atom. The third kappa shape index (κ3) is 2.32. The van der Waals surface area contributed by atoms with Gasteiger partial charge in [-0.15, -0.1) is 0 Å². The van der Waals surface area contributed by atoms with Crippen molar-refractivity contribution in [2.45, 2.75) is 20.4 Å². The highest BCUT2D eigenvalue weighted by Crippen LogP contribution is 2.26. The average Bonchev–Trinajstić information content (AvgIpc) is 2.94. The SMILES string of the molecule is Cc1cc(C)c2ccc(N3CC(Cn4ccnc4)C3)nc2n1. The van der Waals surface area contributed by atoms with Crippen molar-refractivity contribution in [1.82, 2.24) is 19.5 Å². The number of fused-ring (bicyclic) bond motifs is 1. The molecule has 3 aromatic heterocycles. The van der Waals surface area contributed by atoms with Gasteiger partial charge < -0.3 is 9.47 Å². The highest BCUT2D eigenvalue weighted by molar-refractivity contribution is 5.80. The second-order valence-corrected chi connectivity index (χ2v) is 6.15. The van der Waals surface area contributed by atoms with Crippen molar-refractivity contribution >= 4 is 16.9 Å². The first kappa shape index (κ1) is 13.2. The number of anilines is 1. The van der Waals surface area contributed by atoms with Crippen LogP contribution in [0.3, 0.4) is 0 Å². The van der Waals surface area contributed by atoms with Crippen LogP contribution in [0.15, 0.2) is 36.9 Å². The second kappa shape index (κ2) is 5.09. The van der Waals surface area contributed by atoms with Gasteiger partial charge >= 0.3 is 0 Å². The van der Waals surface area contributed by atoms with Crippen LogP contribution in [0.5, 0.6) is 0 Å². The standard InChI is InChI=1S/C17H19N5/c1-12-7-13(2)19-17-15(12)3-4-16(20-17)22-9-14(10-22)8-21-6-5-18-11-21/h3-7,11,14H,8-10H2,1-2H3. The van der Waals surface area contributed by atoms with Gasteiger partial charge in [0, 0.05) is 49.0 Å². The van der Waals surface area contributed by atoms with Crippen LogP contribution in [0.25, 0.3) is 11.0 Å². The first-order valence-electron chi connectivity index (χ1n) is 7.65. The third-order valence-corrected chi connectivity index (χ3v) is 4.30. The molecule has 0 unspecified atom stereocenters. The van der Waals surface area contributed by atoms with Crippen LogP contribution < -0.4 is 4.90 Å². The van der Waals surface area contributed by atoms with E-state index in [4.69, 9.17) is 4.98 Å². The molecule has 0 aromatic carbocycles. The van der Waals surface area contributed by atoms with E-state index in [1.165, 1.54) is 5.56 Å². The molecule has 4 rings (SSSR count). The van der Waals surface area contributed by atoms with Crippen molar-refractivity contribution in [3.63, 3.8) is 0 Å².